The maximum Gasteiger partial charge on any atom is 0.0951 e. The Morgan fingerprint density at radius 3 is 3.11 bits per heavy atom. The molecule has 0 aliphatic heterocycles. The number of thiophene rings is 1. The van der Waals surface area contributed by atoms with Crippen LogP contribution in [0.1, 0.15) is 41.9 Å². The van der Waals surface area contributed by atoms with E-state index in [9.17, 15) is 0 Å². The minimum atomic E-state index is 0.720. The monoisotopic (exact) mass is 261 g/mol. The number of hydrogen-bond donors (Lipinski definition) is 1. The lowest BCUT2D eigenvalue weighted by molar-refractivity contribution is 0.622. The van der Waals surface area contributed by atoms with Gasteiger partial charge in [-0.25, -0.2) is 4.98 Å². The minimum Gasteiger partial charge on any atom is -0.330 e. The first-order valence-electron chi connectivity index (χ1n) is 6.65. The Balaban J connectivity index is 1.56. The van der Waals surface area contributed by atoms with Gasteiger partial charge in [-0.2, -0.15) is 0 Å². The van der Waals surface area contributed by atoms with Crippen molar-refractivity contribution in [2.24, 2.45) is 0 Å². The van der Waals surface area contributed by atoms with Crippen molar-refractivity contribution in [2.45, 2.75) is 45.3 Å². The van der Waals surface area contributed by atoms with Crippen molar-refractivity contribution in [1.29, 1.82) is 0 Å². The highest BCUT2D eigenvalue weighted by molar-refractivity contribution is 7.10. The molecule has 0 radical (unpaired) electrons. The molecule has 1 saturated carbocycles. The fourth-order valence-corrected chi connectivity index (χ4v) is 3.24. The van der Waals surface area contributed by atoms with E-state index in [-0.39, 0.29) is 0 Å². The van der Waals surface area contributed by atoms with E-state index in [1.165, 1.54) is 29.0 Å². The van der Waals surface area contributed by atoms with Gasteiger partial charge < -0.3 is 9.88 Å². The molecule has 2 aromatic rings. The van der Waals surface area contributed by atoms with Crippen LogP contribution in [0.2, 0.25) is 0 Å². The SMILES string of the molecule is CCc1ccsc1CNCc1cncn1C1CC1. The second-order valence-corrected chi connectivity index (χ2v) is 5.85. The molecule has 1 aliphatic rings. The van der Waals surface area contributed by atoms with Crippen LogP contribution in [-0.4, -0.2) is 9.55 Å². The van der Waals surface area contributed by atoms with Crippen molar-refractivity contribution in [1.82, 2.24) is 14.9 Å². The Bertz CT molecular complexity index is 511. The summed E-state index contributed by atoms with van der Waals surface area (Å²) < 4.78 is 2.32. The van der Waals surface area contributed by atoms with Crippen LogP contribution in [0.4, 0.5) is 0 Å². The molecule has 3 rings (SSSR count). The molecule has 2 heterocycles. The van der Waals surface area contributed by atoms with E-state index >= 15 is 0 Å². The minimum absolute atomic E-state index is 0.720. The van der Waals surface area contributed by atoms with E-state index in [4.69, 9.17) is 0 Å². The predicted octanol–water partition coefficient (Wildman–Crippen LogP) is 3.13. The van der Waals surface area contributed by atoms with E-state index in [0.717, 1.165) is 25.6 Å². The summed E-state index contributed by atoms with van der Waals surface area (Å²) in [5.74, 6) is 0. The molecule has 0 aromatic carbocycles. The molecular formula is C14H19N3S. The molecular weight excluding hydrogens is 242 g/mol. The normalized spacial score (nSPS) is 15.2. The van der Waals surface area contributed by atoms with Crippen molar-refractivity contribution in [2.75, 3.05) is 0 Å². The highest BCUT2D eigenvalue weighted by Crippen LogP contribution is 2.35. The standard InChI is InChI=1S/C14H19N3S/c1-2-11-5-6-18-14(11)9-15-7-13-8-16-10-17(13)12-3-4-12/h5-6,8,10,12,15H,2-4,7,9H2,1H3. The third-order valence-electron chi connectivity index (χ3n) is 3.50. The molecule has 3 nitrogen and oxygen atoms in total. The molecule has 4 heteroatoms. The van der Waals surface area contributed by atoms with Gasteiger partial charge in [-0.3, -0.25) is 0 Å². The summed E-state index contributed by atoms with van der Waals surface area (Å²) >= 11 is 1.85. The van der Waals surface area contributed by atoms with Gasteiger partial charge in [0, 0.05) is 30.2 Å². The Kier molecular flexibility index (Phi) is 3.48. The smallest absolute Gasteiger partial charge is 0.0951 e. The first kappa shape index (κ1) is 11.9. The number of nitrogens with one attached hydrogen (secondary N) is 1. The zero-order valence-electron chi connectivity index (χ0n) is 10.7. The topological polar surface area (TPSA) is 29.9 Å². The van der Waals surface area contributed by atoms with Gasteiger partial charge >= 0.3 is 0 Å². The maximum atomic E-state index is 4.26. The quantitative estimate of drug-likeness (QED) is 0.866. The second-order valence-electron chi connectivity index (χ2n) is 4.85. The first-order chi connectivity index (χ1) is 8.88. The molecule has 96 valence electrons. The summed E-state index contributed by atoms with van der Waals surface area (Å²) in [5.41, 5.74) is 2.79. The average molecular weight is 261 g/mol. The molecule has 0 spiro atoms. The van der Waals surface area contributed by atoms with Gasteiger partial charge in [-0.05, 0) is 36.3 Å². The lowest BCUT2D eigenvalue weighted by Gasteiger charge is -2.08. The second kappa shape index (κ2) is 5.24. The number of aryl methyl sites for hydroxylation is 1. The predicted molar refractivity (Wildman–Crippen MR) is 74.7 cm³/mol. The highest BCUT2D eigenvalue weighted by Gasteiger charge is 2.24. The van der Waals surface area contributed by atoms with Crippen LogP contribution in [0.15, 0.2) is 24.0 Å². The number of aromatic nitrogens is 2. The van der Waals surface area contributed by atoms with Crippen LogP contribution in [0.25, 0.3) is 0 Å². The first-order valence-corrected chi connectivity index (χ1v) is 7.53. The fourth-order valence-electron chi connectivity index (χ4n) is 2.29. The zero-order chi connectivity index (χ0) is 12.4. The van der Waals surface area contributed by atoms with Crippen molar-refractivity contribution in [3.05, 3.63) is 40.1 Å². The molecule has 1 aliphatic carbocycles. The Hall–Kier alpha value is -1.13. The summed E-state index contributed by atoms with van der Waals surface area (Å²) in [6, 6.07) is 2.95. The average Bonchev–Trinajstić information content (AvgIpc) is 2.96. The van der Waals surface area contributed by atoms with Crippen molar-refractivity contribution in [3.8, 4) is 0 Å². The third-order valence-corrected chi connectivity index (χ3v) is 4.46. The molecule has 0 atom stereocenters. The molecule has 1 N–H and O–H groups in total. The number of rotatable bonds is 6. The third kappa shape index (κ3) is 2.49. The van der Waals surface area contributed by atoms with Gasteiger partial charge in [0.1, 0.15) is 0 Å². The lowest BCUT2D eigenvalue weighted by Crippen LogP contribution is -2.15. The van der Waals surface area contributed by atoms with Gasteiger partial charge in [0.05, 0.1) is 12.0 Å². The van der Waals surface area contributed by atoms with E-state index < -0.39 is 0 Å². The van der Waals surface area contributed by atoms with Crippen LogP contribution < -0.4 is 5.32 Å². The largest absolute Gasteiger partial charge is 0.330 e. The van der Waals surface area contributed by atoms with Crippen LogP contribution in [0.5, 0.6) is 0 Å². The molecule has 2 aromatic heterocycles. The van der Waals surface area contributed by atoms with Gasteiger partial charge in [-0.15, -0.1) is 11.3 Å². The molecule has 1 fully saturated rings. The summed E-state index contributed by atoms with van der Waals surface area (Å²) in [7, 11) is 0. The summed E-state index contributed by atoms with van der Waals surface area (Å²) in [4.78, 5) is 5.73. The highest BCUT2D eigenvalue weighted by atomic mass is 32.1. The van der Waals surface area contributed by atoms with Crippen LogP contribution in [0, 0.1) is 0 Å². The van der Waals surface area contributed by atoms with Crippen LogP contribution in [-0.2, 0) is 19.5 Å². The Labute approximate surface area is 112 Å². The van der Waals surface area contributed by atoms with Crippen molar-refractivity contribution in [3.63, 3.8) is 0 Å². The van der Waals surface area contributed by atoms with Gasteiger partial charge in [0.2, 0.25) is 0 Å². The van der Waals surface area contributed by atoms with E-state index in [1.807, 2.05) is 23.9 Å². The Morgan fingerprint density at radius 1 is 1.44 bits per heavy atom. The summed E-state index contributed by atoms with van der Waals surface area (Å²) in [5, 5.41) is 5.72. The zero-order valence-corrected chi connectivity index (χ0v) is 11.5. The molecule has 18 heavy (non-hydrogen) atoms. The molecule has 0 bridgehead atoms. The van der Waals surface area contributed by atoms with Crippen LogP contribution in [0.3, 0.4) is 0 Å². The van der Waals surface area contributed by atoms with Crippen molar-refractivity contribution >= 4 is 11.3 Å². The van der Waals surface area contributed by atoms with Gasteiger partial charge in [0.15, 0.2) is 0 Å². The summed E-state index contributed by atoms with van der Waals surface area (Å²) in [6.45, 7) is 4.10. The van der Waals surface area contributed by atoms with Gasteiger partial charge in [0.25, 0.3) is 0 Å². The lowest BCUT2D eigenvalue weighted by atomic mass is 10.2. The number of nitrogens with zero attached hydrogens (tertiary/aromatic N) is 2. The number of imidazole rings is 1. The summed E-state index contributed by atoms with van der Waals surface area (Å²) in [6.07, 6.45) is 7.71. The molecule has 0 amide bonds. The van der Waals surface area contributed by atoms with Crippen molar-refractivity contribution < 1.29 is 0 Å². The van der Waals surface area contributed by atoms with E-state index in [0.29, 0.717) is 0 Å². The maximum absolute atomic E-state index is 4.26. The molecule has 0 saturated heterocycles. The Morgan fingerprint density at radius 2 is 2.33 bits per heavy atom. The van der Waals surface area contributed by atoms with Gasteiger partial charge in [-0.1, -0.05) is 6.92 Å². The van der Waals surface area contributed by atoms with E-state index in [2.05, 4.69) is 33.2 Å². The van der Waals surface area contributed by atoms with E-state index in [1.54, 1.807) is 0 Å². The number of hydrogen-bond acceptors (Lipinski definition) is 3. The fraction of sp³-hybridized carbons (Fsp3) is 0.500. The molecule has 0 unspecified atom stereocenters. The van der Waals surface area contributed by atoms with Crippen LogP contribution >= 0.6 is 11.3 Å².